The number of benzene rings is 2. The van der Waals surface area contributed by atoms with E-state index in [1.165, 1.54) is 27.6 Å². The number of alkyl carbamates (subject to hydrolysis) is 1. The molecule has 4 amide bonds. The van der Waals surface area contributed by atoms with Crippen molar-refractivity contribution >= 4 is 46.8 Å². The van der Waals surface area contributed by atoms with Gasteiger partial charge in [-0.2, -0.15) is 0 Å². The number of urea groups is 1. The van der Waals surface area contributed by atoms with E-state index in [1.807, 2.05) is 79.9 Å². The van der Waals surface area contributed by atoms with Gasteiger partial charge in [0.25, 0.3) is 0 Å². The molecule has 0 unspecified atom stereocenters. The predicted octanol–water partition coefficient (Wildman–Crippen LogP) is 5.42. The minimum absolute atomic E-state index is 0.0640. The highest BCUT2D eigenvalue weighted by Gasteiger charge is 2.31. The Balaban J connectivity index is 1.47. The summed E-state index contributed by atoms with van der Waals surface area (Å²) in [5.41, 5.74) is 4.27. The van der Waals surface area contributed by atoms with E-state index in [1.54, 1.807) is 24.8 Å². The molecule has 0 saturated heterocycles. The number of ether oxygens (including phenoxy) is 1. The number of carbonyl (C=O) groups excluding carboxylic acids is 3. The van der Waals surface area contributed by atoms with Crippen molar-refractivity contribution in [3.63, 3.8) is 0 Å². The Kier molecular flexibility index (Phi) is 14.3. The number of aliphatic hydroxyl groups is 1. The Bertz CT molecular complexity index is 1620. The summed E-state index contributed by atoms with van der Waals surface area (Å²) < 4.78 is 5.42. The highest BCUT2D eigenvalue weighted by molar-refractivity contribution is 7.10. The molecule has 0 aliphatic heterocycles. The lowest BCUT2D eigenvalue weighted by Crippen LogP contribution is -2.55. The monoisotopic (exact) mass is 704 g/mol. The number of amides is 4. The van der Waals surface area contributed by atoms with Crippen LogP contribution in [0.3, 0.4) is 0 Å². The number of thiazole rings is 2. The van der Waals surface area contributed by atoms with Crippen molar-refractivity contribution in [2.45, 2.75) is 70.5 Å². The third-order valence-electron chi connectivity index (χ3n) is 7.81. The minimum Gasteiger partial charge on any atom is -0.444 e. The van der Waals surface area contributed by atoms with Gasteiger partial charge in [0.2, 0.25) is 5.91 Å². The molecule has 0 fully saturated rings. The molecule has 0 bridgehead atoms. The molecule has 2 heterocycles. The summed E-state index contributed by atoms with van der Waals surface area (Å²) >= 11 is 2.82. The van der Waals surface area contributed by atoms with Gasteiger partial charge in [-0.25, -0.2) is 14.6 Å². The third-order valence-corrected chi connectivity index (χ3v) is 9.45. The average molecular weight is 705 g/mol. The molecule has 4 N–H and O–H groups in total. The Morgan fingerprint density at radius 1 is 0.980 bits per heavy atom. The van der Waals surface area contributed by atoms with Crippen molar-refractivity contribution in [2.75, 3.05) is 7.05 Å². The van der Waals surface area contributed by atoms with Gasteiger partial charge in [0.1, 0.15) is 17.7 Å². The number of hydrogen-bond acceptors (Lipinski definition) is 9. The molecule has 11 nitrogen and oxygen atoms in total. The summed E-state index contributed by atoms with van der Waals surface area (Å²) in [6.45, 7) is 7.79. The molecule has 2 aromatic carbocycles. The van der Waals surface area contributed by atoms with Gasteiger partial charge in [-0.15, -0.1) is 22.7 Å². The van der Waals surface area contributed by atoms with Crippen molar-refractivity contribution < 1.29 is 24.2 Å². The molecule has 4 aromatic rings. The first-order valence-electron chi connectivity index (χ1n) is 16.1. The molecular weight excluding hydrogens is 661 g/mol. The van der Waals surface area contributed by atoms with Gasteiger partial charge < -0.3 is 30.7 Å². The van der Waals surface area contributed by atoms with Crippen molar-refractivity contribution in [2.24, 2.45) is 5.92 Å². The lowest BCUT2D eigenvalue weighted by molar-refractivity contribution is -0.124. The van der Waals surface area contributed by atoms with Gasteiger partial charge in [0.05, 0.1) is 34.8 Å². The second kappa shape index (κ2) is 18.8. The molecule has 0 saturated carbocycles. The topological polar surface area (TPSA) is 146 Å². The van der Waals surface area contributed by atoms with Crippen LogP contribution in [0.15, 0.2) is 84.3 Å². The highest BCUT2D eigenvalue weighted by Crippen LogP contribution is 2.17. The molecular formula is C36H44N6O5S2. The normalized spacial score (nSPS) is 13.5. The van der Waals surface area contributed by atoms with Crippen molar-refractivity contribution in [1.29, 1.82) is 0 Å². The number of hydrogen-bond donors (Lipinski definition) is 4. The molecule has 0 aliphatic carbocycles. The van der Waals surface area contributed by atoms with Crippen molar-refractivity contribution in [1.82, 2.24) is 30.8 Å². The Morgan fingerprint density at radius 2 is 1.65 bits per heavy atom. The summed E-state index contributed by atoms with van der Waals surface area (Å²) in [7, 11) is 1.65. The molecule has 2 aromatic heterocycles. The Morgan fingerprint density at radius 3 is 2.24 bits per heavy atom. The summed E-state index contributed by atoms with van der Waals surface area (Å²) in [6, 6.07) is 16.7. The molecule has 260 valence electrons. The zero-order valence-corrected chi connectivity index (χ0v) is 29.6. The van der Waals surface area contributed by atoms with E-state index in [0.717, 1.165) is 26.7 Å². The van der Waals surface area contributed by atoms with Gasteiger partial charge >= 0.3 is 12.1 Å². The number of rotatable bonds is 17. The third kappa shape index (κ3) is 12.1. The lowest BCUT2D eigenvalue weighted by atomic mass is 9.93. The molecule has 4 atom stereocenters. The van der Waals surface area contributed by atoms with E-state index in [-0.39, 0.29) is 31.4 Å². The number of nitrogens with zero attached hydrogens (tertiary/aromatic N) is 3. The Hall–Kier alpha value is -4.59. The molecule has 0 radical (unpaired) electrons. The van der Waals surface area contributed by atoms with E-state index in [9.17, 15) is 19.5 Å². The van der Waals surface area contributed by atoms with Gasteiger partial charge in [0, 0.05) is 24.7 Å². The van der Waals surface area contributed by atoms with Gasteiger partial charge in [-0.3, -0.25) is 9.78 Å². The van der Waals surface area contributed by atoms with Gasteiger partial charge in [0.15, 0.2) is 0 Å². The minimum atomic E-state index is -1.05. The van der Waals surface area contributed by atoms with E-state index in [4.69, 9.17) is 4.74 Å². The van der Waals surface area contributed by atoms with Gasteiger partial charge in [-0.1, -0.05) is 81.1 Å². The first kappa shape index (κ1) is 37.2. The first-order chi connectivity index (χ1) is 23.6. The van der Waals surface area contributed by atoms with Crippen LogP contribution >= 0.6 is 22.7 Å². The van der Waals surface area contributed by atoms with Crippen molar-refractivity contribution in [3.05, 3.63) is 111 Å². The van der Waals surface area contributed by atoms with E-state index in [0.29, 0.717) is 12.8 Å². The first-order valence-corrected chi connectivity index (χ1v) is 17.8. The molecule has 49 heavy (non-hydrogen) atoms. The number of aliphatic hydroxyl groups excluding tert-OH is 1. The van der Waals surface area contributed by atoms with Crippen LogP contribution in [-0.4, -0.2) is 69.3 Å². The van der Waals surface area contributed by atoms with Gasteiger partial charge in [-0.05, 0) is 42.4 Å². The van der Waals surface area contributed by atoms with Crippen LogP contribution in [0.25, 0.3) is 6.08 Å². The summed E-state index contributed by atoms with van der Waals surface area (Å²) in [5.74, 6) is -0.601. The maximum absolute atomic E-state index is 13.8. The molecule has 13 heteroatoms. The van der Waals surface area contributed by atoms with E-state index < -0.39 is 36.4 Å². The van der Waals surface area contributed by atoms with Crippen LogP contribution in [-0.2, 0) is 35.5 Å². The number of aromatic nitrogens is 2. The second-order valence-electron chi connectivity index (χ2n) is 12.1. The fraction of sp³-hybridized carbons (Fsp3) is 0.361. The lowest BCUT2D eigenvalue weighted by Gasteiger charge is -2.30. The maximum atomic E-state index is 13.8. The SMILES string of the molecule is C=Cc1nc(CN(C)C(=O)N[C@H](C(=O)N[C@@H](Cc2ccccc2)C[C@H](O)[C@H](Cc2ccccc2)NC(=O)OCc2cncs2)C(C)C)cs1. The smallest absolute Gasteiger partial charge is 0.407 e. The zero-order valence-electron chi connectivity index (χ0n) is 28.0. The highest BCUT2D eigenvalue weighted by atomic mass is 32.1. The van der Waals surface area contributed by atoms with Crippen LogP contribution < -0.4 is 16.0 Å². The predicted molar refractivity (Wildman–Crippen MR) is 193 cm³/mol. The quantitative estimate of drug-likeness (QED) is 0.115. The van der Waals surface area contributed by atoms with Crippen LogP contribution in [0.2, 0.25) is 0 Å². The average Bonchev–Trinajstić information content (AvgIpc) is 3.79. The van der Waals surface area contributed by atoms with Crippen LogP contribution in [0.5, 0.6) is 0 Å². The van der Waals surface area contributed by atoms with Crippen LogP contribution in [0.4, 0.5) is 9.59 Å². The van der Waals surface area contributed by atoms with Crippen molar-refractivity contribution in [3.8, 4) is 0 Å². The summed E-state index contributed by atoms with van der Waals surface area (Å²) in [5, 5.41) is 23.1. The second-order valence-corrected chi connectivity index (χ2v) is 14.0. The van der Waals surface area contributed by atoms with E-state index >= 15 is 0 Å². The standard InChI is InChI=1S/C36H44N6O5S2/c1-5-32-38-28(22-48-32)20-42(4)35(45)41-33(24(2)3)34(44)39-27(16-25-12-8-6-9-13-25)18-31(43)30(17-26-14-10-7-11-15-26)40-36(46)47-21-29-19-37-23-49-29/h5-15,19,22-24,27,30-31,33,43H,1,16-18,20-21H2,2-4H3,(H,39,44)(H,40,46)(H,41,45)/t27-,30-,31-,33-/m0/s1. The Labute approximate surface area is 295 Å². The maximum Gasteiger partial charge on any atom is 0.407 e. The zero-order chi connectivity index (χ0) is 35.2. The van der Waals surface area contributed by atoms with Crippen LogP contribution in [0, 0.1) is 5.92 Å². The molecule has 0 spiro atoms. The largest absolute Gasteiger partial charge is 0.444 e. The fourth-order valence-electron chi connectivity index (χ4n) is 5.22. The number of nitrogens with one attached hydrogen (secondary N) is 3. The fourth-order valence-corrected chi connectivity index (χ4v) is 6.37. The van der Waals surface area contributed by atoms with E-state index in [2.05, 4.69) is 32.5 Å². The molecule has 0 aliphatic rings. The summed E-state index contributed by atoms with van der Waals surface area (Å²) in [4.78, 5) is 50.6. The molecule has 4 rings (SSSR count). The summed E-state index contributed by atoms with van der Waals surface area (Å²) in [6.07, 6.45) is 2.46. The van der Waals surface area contributed by atoms with Crippen LogP contribution in [0.1, 0.15) is 47.0 Å². The number of carbonyl (C=O) groups is 3.